The van der Waals surface area contributed by atoms with Crippen LogP contribution in [0.15, 0.2) is 12.7 Å². The molecule has 4 nitrogen and oxygen atoms in total. The summed E-state index contributed by atoms with van der Waals surface area (Å²) in [7, 11) is 0. The Balaban J connectivity index is 1.93. The van der Waals surface area contributed by atoms with E-state index in [0.29, 0.717) is 6.54 Å². The second-order valence-corrected chi connectivity index (χ2v) is 4.42. The zero-order valence-electron chi connectivity index (χ0n) is 8.39. The molecular formula is C11H13NO3. The molecule has 0 radical (unpaired) electrons. The molecule has 0 aliphatic carbocycles. The number of hydrogen-bond donors (Lipinski definition) is 0. The van der Waals surface area contributed by atoms with Crippen LogP contribution in [0.1, 0.15) is 12.8 Å². The highest BCUT2D eigenvalue weighted by Crippen LogP contribution is 2.48. The summed E-state index contributed by atoms with van der Waals surface area (Å²) in [6.07, 6.45) is 3.43. The summed E-state index contributed by atoms with van der Waals surface area (Å²) in [5.74, 6) is -0.512. The maximum absolute atomic E-state index is 12.0. The van der Waals surface area contributed by atoms with Crippen LogP contribution < -0.4 is 0 Å². The minimum atomic E-state index is -0.198. The van der Waals surface area contributed by atoms with Crippen molar-refractivity contribution in [3.05, 3.63) is 12.7 Å². The molecule has 3 rings (SSSR count). The van der Waals surface area contributed by atoms with Crippen molar-refractivity contribution in [3.8, 4) is 0 Å². The topological polar surface area (TPSA) is 46.6 Å². The number of carbonyl (C=O) groups is 2. The van der Waals surface area contributed by atoms with Crippen molar-refractivity contribution in [2.45, 2.75) is 25.0 Å². The van der Waals surface area contributed by atoms with E-state index in [4.69, 9.17) is 4.74 Å². The van der Waals surface area contributed by atoms with Gasteiger partial charge in [-0.3, -0.25) is 14.5 Å². The van der Waals surface area contributed by atoms with Crippen molar-refractivity contribution in [2.75, 3.05) is 6.54 Å². The van der Waals surface area contributed by atoms with Crippen LogP contribution in [0.5, 0.6) is 0 Å². The Hall–Kier alpha value is -1.16. The van der Waals surface area contributed by atoms with Gasteiger partial charge in [0.05, 0.1) is 24.0 Å². The van der Waals surface area contributed by atoms with Crippen molar-refractivity contribution in [2.24, 2.45) is 11.8 Å². The number of likely N-dealkylation sites (tertiary alicyclic amines) is 1. The second kappa shape index (κ2) is 2.92. The number of hydrogen-bond acceptors (Lipinski definition) is 3. The Morgan fingerprint density at radius 3 is 2.27 bits per heavy atom. The summed E-state index contributed by atoms with van der Waals surface area (Å²) in [6, 6.07) is 0. The molecule has 0 spiro atoms. The molecule has 3 aliphatic rings. The van der Waals surface area contributed by atoms with Crippen LogP contribution >= 0.6 is 0 Å². The van der Waals surface area contributed by atoms with Crippen LogP contribution in [0.2, 0.25) is 0 Å². The van der Waals surface area contributed by atoms with E-state index in [1.54, 1.807) is 6.08 Å². The first kappa shape index (κ1) is 9.09. The molecule has 80 valence electrons. The summed E-state index contributed by atoms with van der Waals surface area (Å²) >= 11 is 0. The highest BCUT2D eigenvalue weighted by atomic mass is 16.5. The summed E-state index contributed by atoms with van der Waals surface area (Å²) in [5, 5.41) is 0. The van der Waals surface area contributed by atoms with Gasteiger partial charge in [0.2, 0.25) is 11.8 Å². The lowest BCUT2D eigenvalue weighted by atomic mass is 9.81. The zero-order valence-corrected chi connectivity index (χ0v) is 8.39. The number of nitrogens with zero attached hydrogens (tertiary/aromatic N) is 1. The van der Waals surface area contributed by atoms with Gasteiger partial charge in [0.25, 0.3) is 0 Å². The third kappa shape index (κ3) is 1.00. The van der Waals surface area contributed by atoms with Crippen LogP contribution in [0.25, 0.3) is 0 Å². The van der Waals surface area contributed by atoms with E-state index >= 15 is 0 Å². The largest absolute Gasteiger partial charge is 0.373 e. The molecule has 2 bridgehead atoms. The number of carbonyl (C=O) groups excluding carboxylic acids is 2. The average molecular weight is 207 g/mol. The normalized spacial score (nSPS) is 42.5. The first-order valence-corrected chi connectivity index (χ1v) is 5.35. The van der Waals surface area contributed by atoms with E-state index in [2.05, 4.69) is 6.58 Å². The van der Waals surface area contributed by atoms with Crippen molar-refractivity contribution >= 4 is 11.8 Å². The number of imide groups is 1. The standard InChI is InChI=1S/C11H13NO3/c1-2-5-12-10(13)8-6-3-4-7(15-6)9(8)11(12)14/h2,6-9H,1,3-5H2/t6-,7-,8-,9-/m1/s1. The fourth-order valence-electron chi connectivity index (χ4n) is 3.08. The third-order valence-corrected chi connectivity index (χ3v) is 3.69. The van der Waals surface area contributed by atoms with Crippen LogP contribution in [0.4, 0.5) is 0 Å². The van der Waals surface area contributed by atoms with E-state index in [-0.39, 0.29) is 35.9 Å². The highest BCUT2D eigenvalue weighted by molar-refractivity contribution is 6.06. The molecule has 0 unspecified atom stereocenters. The summed E-state index contributed by atoms with van der Waals surface area (Å²) < 4.78 is 5.61. The molecule has 2 amide bonds. The lowest BCUT2D eigenvalue weighted by molar-refractivity contribution is -0.141. The van der Waals surface area contributed by atoms with Gasteiger partial charge in [0.15, 0.2) is 0 Å². The Bertz CT molecular complexity index is 324. The minimum absolute atomic E-state index is 0.00809. The van der Waals surface area contributed by atoms with Gasteiger partial charge in [-0.1, -0.05) is 6.08 Å². The van der Waals surface area contributed by atoms with Gasteiger partial charge in [-0.2, -0.15) is 0 Å². The van der Waals surface area contributed by atoms with Gasteiger partial charge in [0, 0.05) is 6.54 Å². The van der Waals surface area contributed by atoms with Gasteiger partial charge < -0.3 is 4.74 Å². The number of amides is 2. The first-order valence-electron chi connectivity index (χ1n) is 5.35. The number of rotatable bonds is 2. The maximum atomic E-state index is 12.0. The fraction of sp³-hybridized carbons (Fsp3) is 0.636. The van der Waals surface area contributed by atoms with E-state index in [1.165, 1.54) is 4.90 Å². The quantitative estimate of drug-likeness (QED) is 0.484. The molecule has 0 aromatic heterocycles. The minimum Gasteiger partial charge on any atom is -0.373 e. The van der Waals surface area contributed by atoms with Crippen LogP contribution in [0, 0.1) is 11.8 Å². The van der Waals surface area contributed by atoms with Crippen molar-refractivity contribution in [1.29, 1.82) is 0 Å². The Kier molecular flexibility index (Phi) is 1.77. The van der Waals surface area contributed by atoms with Crippen molar-refractivity contribution < 1.29 is 14.3 Å². The Labute approximate surface area is 87.9 Å². The molecule has 4 atom stereocenters. The fourth-order valence-corrected chi connectivity index (χ4v) is 3.08. The predicted octanol–water partition coefficient (Wildman–Crippen LogP) is 0.335. The monoisotopic (exact) mass is 207 g/mol. The summed E-state index contributed by atoms with van der Waals surface area (Å²) in [5.41, 5.74) is 0. The van der Waals surface area contributed by atoms with E-state index in [0.717, 1.165) is 12.8 Å². The lowest BCUT2D eigenvalue weighted by Crippen LogP contribution is -2.34. The van der Waals surface area contributed by atoms with E-state index < -0.39 is 0 Å². The Morgan fingerprint density at radius 1 is 1.27 bits per heavy atom. The molecule has 0 saturated carbocycles. The van der Waals surface area contributed by atoms with Crippen molar-refractivity contribution in [3.63, 3.8) is 0 Å². The second-order valence-electron chi connectivity index (χ2n) is 4.42. The molecule has 0 aromatic carbocycles. The average Bonchev–Trinajstić information content (AvgIpc) is 2.87. The van der Waals surface area contributed by atoms with Gasteiger partial charge in [-0.15, -0.1) is 6.58 Å². The van der Waals surface area contributed by atoms with Gasteiger partial charge in [0.1, 0.15) is 0 Å². The Morgan fingerprint density at radius 2 is 1.80 bits per heavy atom. The van der Waals surface area contributed by atoms with Gasteiger partial charge >= 0.3 is 0 Å². The third-order valence-electron chi connectivity index (χ3n) is 3.69. The molecule has 3 heterocycles. The lowest BCUT2D eigenvalue weighted by Gasteiger charge is -2.15. The van der Waals surface area contributed by atoms with E-state index in [9.17, 15) is 9.59 Å². The molecule has 0 aromatic rings. The number of fused-ring (bicyclic) bond motifs is 5. The van der Waals surface area contributed by atoms with Crippen LogP contribution in [-0.4, -0.2) is 35.5 Å². The van der Waals surface area contributed by atoms with Gasteiger partial charge in [-0.25, -0.2) is 0 Å². The molecule has 3 saturated heterocycles. The SMILES string of the molecule is C=CCN1C(=O)[C@H]2[C@H](C1=O)[C@H]1CC[C@H]2O1. The smallest absolute Gasteiger partial charge is 0.236 e. The predicted molar refractivity (Wildman–Crippen MR) is 51.8 cm³/mol. The van der Waals surface area contributed by atoms with Crippen LogP contribution in [0.3, 0.4) is 0 Å². The maximum Gasteiger partial charge on any atom is 0.236 e. The van der Waals surface area contributed by atoms with E-state index in [1.807, 2.05) is 0 Å². The summed E-state index contributed by atoms with van der Waals surface area (Å²) in [6.45, 7) is 3.90. The molecular weight excluding hydrogens is 194 g/mol. The molecule has 3 fully saturated rings. The zero-order chi connectivity index (χ0) is 10.6. The molecule has 0 N–H and O–H groups in total. The van der Waals surface area contributed by atoms with Gasteiger partial charge in [-0.05, 0) is 12.8 Å². The van der Waals surface area contributed by atoms with Crippen LogP contribution in [-0.2, 0) is 14.3 Å². The molecule has 3 aliphatic heterocycles. The first-order chi connectivity index (χ1) is 7.24. The molecule has 4 heteroatoms. The highest BCUT2D eigenvalue weighted by Gasteiger charge is 2.61. The summed E-state index contributed by atoms with van der Waals surface area (Å²) in [4.78, 5) is 25.2. The van der Waals surface area contributed by atoms with Crippen molar-refractivity contribution in [1.82, 2.24) is 4.90 Å². The number of ether oxygens (including phenoxy) is 1. The molecule has 15 heavy (non-hydrogen) atoms.